The van der Waals surface area contributed by atoms with Gasteiger partial charge in [0.1, 0.15) is 0 Å². The summed E-state index contributed by atoms with van der Waals surface area (Å²) in [7, 11) is -3.68. The Kier molecular flexibility index (Phi) is 4.92. The fraction of sp³-hybridized carbons (Fsp3) is 0.538. The average molecular weight is 313 g/mol. The Hall–Kier alpha value is -1.51. The third-order valence-electron chi connectivity index (χ3n) is 3.72. The molecular formula is C13H19N3O4S. The van der Waals surface area contributed by atoms with Crippen LogP contribution in [0.15, 0.2) is 29.2 Å². The summed E-state index contributed by atoms with van der Waals surface area (Å²) < 4.78 is 26.6. The van der Waals surface area contributed by atoms with Gasteiger partial charge >= 0.3 is 0 Å². The number of nitro groups is 1. The predicted molar refractivity (Wildman–Crippen MR) is 78.3 cm³/mol. The van der Waals surface area contributed by atoms with E-state index in [1.807, 2.05) is 0 Å². The summed E-state index contributed by atoms with van der Waals surface area (Å²) in [5, 5.41) is 10.8. The van der Waals surface area contributed by atoms with Crippen LogP contribution < -0.4 is 5.73 Å². The first-order chi connectivity index (χ1) is 9.95. The molecule has 1 saturated heterocycles. The second-order valence-corrected chi connectivity index (χ2v) is 7.14. The van der Waals surface area contributed by atoms with Crippen molar-refractivity contribution in [2.24, 2.45) is 11.7 Å². The topological polar surface area (TPSA) is 107 Å². The summed E-state index contributed by atoms with van der Waals surface area (Å²) in [6.45, 7) is 1.42. The lowest BCUT2D eigenvalue weighted by atomic mass is 9.96. The van der Waals surface area contributed by atoms with Crippen LogP contribution in [0.25, 0.3) is 0 Å². The van der Waals surface area contributed by atoms with E-state index < -0.39 is 14.9 Å². The van der Waals surface area contributed by atoms with Gasteiger partial charge in [-0.05, 0) is 37.8 Å². The monoisotopic (exact) mass is 313 g/mol. The number of sulfonamides is 1. The summed E-state index contributed by atoms with van der Waals surface area (Å²) in [4.78, 5) is 10.2. The molecule has 2 rings (SSSR count). The molecule has 116 valence electrons. The molecule has 1 fully saturated rings. The van der Waals surface area contributed by atoms with E-state index in [-0.39, 0.29) is 16.5 Å². The molecule has 0 radical (unpaired) electrons. The van der Waals surface area contributed by atoms with Crippen molar-refractivity contribution < 1.29 is 13.3 Å². The Morgan fingerprint density at radius 1 is 1.43 bits per heavy atom. The molecule has 21 heavy (non-hydrogen) atoms. The van der Waals surface area contributed by atoms with Crippen LogP contribution in [0.4, 0.5) is 5.69 Å². The van der Waals surface area contributed by atoms with Crippen molar-refractivity contribution in [3.8, 4) is 0 Å². The quantitative estimate of drug-likeness (QED) is 0.652. The van der Waals surface area contributed by atoms with Crippen molar-refractivity contribution in [1.82, 2.24) is 4.31 Å². The van der Waals surface area contributed by atoms with Crippen molar-refractivity contribution in [3.05, 3.63) is 34.4 Å². The molecule has 7 nitrogen and oxygen atoms in total. The van der Waals surface area contributed by atoms with Gasteiger partial charge in [-0.15, -0.1) is 0 Å². The molecule has 0 amide bonds. The molecule has 0 aliphatic carbocycles. The van der Waals surface area contributed by atoms with Crippen molar-refractivity contribution in [3.63, 3.8) is 0 Å². The number of hydrogen-bond donors (Lipinski definition) is 1. The maximum atomic E-state index is 12.6. The zero-order valence-corrected chi connectivity index (χ0v) is 12.5. The van der Waals surface area contributed by atoms with E-state index in [1.54, 1.807) is 0 Å². The van der Waals surface area contributed by atoms with E-state index in [9.17, 15) is 18.5 Å². The molecule has 0 aromatic heterocycles. The van der Waals surface area contributed by atoms with Crippen LogP contribution in [0.3, 0.4) is 0 Å². The number of hydrogen-bond acceptors (Lipinski definition) is 5. The van der Waals surface area contributed by atoms with Gasteiger partial charge in [0.25, 0.3) is 5.69 Å². The lowest BCUT2D eigenvalue weighted by molar-refractivity contribution is -0.385. The molecule has 8 heteroatoms. The standard InChI is InChI=1S/C13H19N3O4S/c14-7-6-11-3-2-8-15(10-11)21(19,20)13-5-1-4-12(9-13)16(17)18/h1,4-5,9,11H,2-3,6-8,10,14H2. The largest absolute Gasteiger partial charge is 0.330 e. The Labute approximate surface area is 123 Å². The number of nitro benzene ring substituents is 1. The minimum Gasteiger partial charge on any atom is -0.330 e. The molecule has 1 aromatic carbocycles. The molecule has 1 aliphatic rings. The molecule has 1 unspecified atom stereocenters. The molecule has 2 N–H and O–H groups in total. The number of benzene rings is 1. The molecule has 0 spiro atoms. The number of nitrogens with two attached hydrogens (primary N) is 1. The van der Waals surface area contributed by atoms with E-state index in [1.165, 1.54) is 22.5 Å². The van der Waals surface area contributed by atoms with Gasteiger partial charge in [-0.1, -0.05) is 6.07 Å². The van der Waals surface area contributed by atoms with Crippen LogP contribution in [-0.4, -0.2) is 37.3 Å². The van der Waals surface area contributed by atoms with Gasteiger partial charge in [0, 0.05) is 25.2 Å². The van der Waals surface area contributed by atoms with Gasteiger partial charge in [-0.3, -0.25) is 10.1 Å². The fourth-order valence-electron chi connectivity index (χ4n) is 2.62. The molecular weight excluding hydrogens is 294 g/mol. The number of rotatable bonds is 5. The van der Waals surface area contributed by atoms with E-state index in [0.29, 0.717) is 19.6 Å². The second-order valence-electron chi connectivity index (χ2n) is 5.20. The third-order valence-corrected chi connectivity index (χ3v) is 5.58. The van der Waals surface area contributed by atoms with E-state index in [2.05, 4.69) is 0 Å². The van der Waals surface area contributed by atoms with E-state index in [4.69, 9.17) is 5.73 Å². The zero-order chi connectivity index (χ0) is 15.5. The van der Waals surface area contributed by atoms with E-state index in [0.717, 1.165) is 25.3 Å². The molecule has 1 atom stereocenters. The third kappa shape index (κ3) is 3.58. The van der Waals surface area contributed by atoms with Gasteiger partial charge in [-0.25, -0.2) is 8.42 Å². The van der Waals surface area contributed by atoms with Crippen LogP contribution >= 0.6 is 0 Å². The van der Waals surface area contributed by atoms with Gasteiger partial charge in [0.05, 0.1) is 9.82 Å². The summed E-state index contributed by atoms with van der Waals surface area (Å²) in [5.41, 5.74) is 5.32. The molecule has 0 saturated carbocycles. The SMILES string of the molecule is NCCC1CCCN(S(=O)(=O)c2cccc([N+](=O)[O-])c2)C1. The van der Waals surface area contributed by atoms with Crippen LogP contribution in [0, 0.1) is 16.0 Å². The van der Waals surface area contributed by atoms with Crippen molar-refractivity contribution in [1.29, 1.82) is 0 Å². The number of piperidine rings is 1. The lowest BCUT2D eigenvalue weighted by Gasteiger charge is -2.31. The van der Waals surface area contributed by atoms with Gasteiger partial charge < -0.3 is 5.73 Å². The first-order valence-electron chi connectivity index (χ1n) is 6.90. The number of non-ortho nitro benzene ring substituents is 1. The highest BCUT2D eigenvalue weighted by Gasteiger charge is 2.30. The first-order valence-corrected chi connectivity index (χ1v) is 8.34. The summed E-state index contributed by atoms with van der Waals surface area (Å²) >= 11 is 0. The van der Waals surface area contributed by atoms with Gasteiger partial charge in [0.15, 0.2) is 0 Å². The number of nitrogens with zero attached hydrogens (tertiary/aromatic N) is 2. The van der Waals surface area contributed by atoms with Gasteiger partial charge in [-0.2, -0.15) is 4.31 Å². The smallest absolute Gasteiger partial charge is 0.270 e. The molecule has 1 heterocycles. The van der Waals surface area contributed by atoms with Gasteiger partial charge in [0.2, 0.25) is 10.0 Å². The van der Waals surface area contributed by atoms with E-state index >= 15 is 0 Å². The average Bonchev–Trinajstić information content (AvgIpc) is 2.48. The summed E-state index contributed by atoms with van der Waals surface area (Å²) in [6, 6.07) is 5.19. The second kappa shape index (κ2) is 6.50. The van der Waals surface area contributed by atoms with Crippen LogP contribution in [0.2, 0.25) is 0 Å². The van der Waals surface area contributed by atoms with Crippen molar-refractivity contribution in [2.75, 3.05) is 19.6 Å². The summed E-state index contributed by atoms with van der Waals surface area (Å²) in [5.74, 6) is 0.261. The minimum absolute atomic E-state index is 0.0231. The summed E-state index contributed by atoms with van der Waals surface area (Å²) in [6.07, 6.45) is 2.55. The highest BCUT2D eigenvalue weighted by atomic mass is 32.2. The van der Waals surface area contributed by atoms with Crippen molar-refractivity contribution >= 4 is 15.7 Å². The molecule has 1 aliphatic heterocycles. The van der Waals surface area contributed by atoms with Crippen molar-refractivity contribution in [2.45, 2.75) is 24.2 Å². The normalized spacial score (nSPS) is 20.3. The minimum atomic E-state index is -3.68. The Morgan fingerprint density at radius 3 is 2.86 bits per heavy atom. The fourth-order valence-corrected chi connectivity index (χ4v) is 4.22. The first kappa shape index (κ1) is 15.9. The highest BCUT2D eigenvalue weighted by Crippen LogP contribution is 2.26. The van der Waals surface area contributed by atoms with Crippen LogP contribution in [0.1, 0.15) is 19.3 Å². The van der Waals surface area contributed by atoms with Crippen LogP contribution in [0.5, 0.6) is 0 Å². The Bertz CT molecular complexity index is 616. The Balaban J connectivity index is 2.25. The molecule has 1 aromatic rings. The maximum Gasteiger partial charge on any atom is 0.270 e. The Morgan fingerprint density at radius 2 is 2.19 bits per heavy atom. The maximum absolute atomic E-state index is 12.6. The molecule has 0 bridgehead atoms. The van der Waals surface area contributed by atoms with Crippen LogP contribution in [-0.2, 0) is 10.0 Å². The lowest BCUT2D eigenvalue weighted by Crippen LogP contribution is -2.40. The predicted octanol–water partition coefficient (Wildman–Crippen LogP) is 1.34. The highest BCUT2D eigenvalue weighted by molar-refractivity contribution is 7.89. The zero-order valence-electron chi connectivity index (χ0n) is 11.6.